The van der Waals surface area contributed by atoms with Gasteiger partial charge >= 0.3 is 5.69 Å². The third kappa shape index (κ3) is 2.61. The van der Waals surface area contributed by atoms with Crippen molar-refractivity contribution < 1.29 is 9.66 Å². The van der Waals surface area contributed by atoms with Gasteiger partial charge in [0, 0.05) is 18.8 Å². The predicted molar refractivity (Wildman–Crippen MR) is 76.4 cm³/mol. The van der Waals surface area contributed by atoms with Gasteiger partial charge in [0.1, 0.15) is 11.6 Å². The largest absolute Gasteiger partial charge is 0.497 e. The summed E-state index contributed by atoms with van der Waals surface area (Å²) < 4.78 is 5.07. The van der Waals surface area contributed by atoms with E-state index in [0.717, 1.165) is 5.69 Å². The molecule has 2 rings (SSSR count). The van der Waals surface area contributed by atoms with Gasteiger partial charge in [-0.3, -0.25) is 10.1 Å². The molecule has 7 heteroatoms. The van der Waals surface area contributed by atoms with Crippen molar-refractivity contribution in [2.24, 2.45) is 0 Å². The van der Waals surface area contributed by atoms with E-state index >= 15 is 0 Å². The van der Waals surface area contributed by atoms with E-state index < -0.39 is 4.92 Å². The summed E-state index contributed by atoms with van der Waals surface area (Å²) in [4.78, 5) is 16.2. The monoisotopic (exact) mass is 274 g/mol. The number of rotatable bonds is 4. The molecular formula is C13H14N4O3. The molecule has 1 heterocycles. The summed E-state index contributed by atoms with van der Waals surface area (Å²) in [5, 5.41) is 11.0. The molecule has 0 amide bonds. The lowest BCUT2D eigenvalue weighted by Crippen LogP contribution is -2.14. The fourth-order valence-corrected chi connectivity index (χ4v) is 1.77. The van der Waals surface area contributed by atoms with Crippen LogP contribution in [-0.2, 0) is 0 Å². The van der Waals surface area contributed by atoms with E-state index in [1.54, 1.807) is 43.3 Å². The number of nitro groups is 1. The predicted octanol–water partition coefficient (Wildman–Crippen LogP) is 2.35. The molecule has 0 saturated heterocycles. The number of hydrogen-bond acceptors (Lipinski definition) is 6. The Labute approximate surface area is 115 Å². The summed E-state index contributed by atoms with van der Waals surface area (Å²) in [6.07, 6.45) is 0. The third-order valence-corrected chi connectivity index (χ3v) is 2.85. The van der Waals surface area contributed by atoms with Crippen LogP contribution in [0.4, 0.5) is 23.0 Å². The van der Waals surface area contributed by atoms with Crippen molar-refractivity contribution in [1.29, 1.82) is 0 Å². The van der Waals surface area contributed by atoms with E-state index in [1.807, 2.05) is 0 Å². The lowest BCUT2D eigenvalue weighted by Gasteiger charge is -2.18. The number of methoxy groups -OCH3 is 1. The molecule has 0 fully saturated rings. The number of hydrogen-bond donors (Lipinski definition) is 1. The molecule has 0 unspecified atom stereocenters. The molecule has 0 aliphatic heterocycles. The number of ether oxygens (including phenoxy) is 1. The molecule has 0 spiro atoms. The molecule has 104 valence electrons. The number of anilines is 3. The molecule has 1 aromatic heterocycles. The molecule has 0 radical (unpaired) electrons. The molecular weight excluding hydrogens is 260 g/mol. The first-order chi connectivity index (χ1) is 9.52. The first-order valence-electron chi connectivity index (χ1n) is 5.81. The maximum atomic E-state index is 11.0. The maximum Gasteiger partial charge on any atom is 0.312 e. The highest BCUT2D eigenvalue weighted by molar-refractivity contribution is 5.69. The number of benzene rings is 1. The maximum absolute atomic E-state index is 11.0. The summed E-state index contributed by atoms with van der Waals surface area (Å²) >= 11 is 0. The van der Waals surface area contributed by atoms with E-state index in [4.69, 9.17) is 10.5 Å². The van der Waals surface area contributed by atoms with Gasteiger partial charge < -0.3 is 15.4 Å². The summed E-state index contributed by atoms with van der Waals surface area (Å²) in [6.45, 7) is 0. The normalized spacial score (nSPS) is 10.1. The van der Waals surface area contributed by atoms with Gasteiger partial charge in [0.2, 0.25) is 5.82 Å². The summed E-state index contributed by atoms with van der Waals surface area (Å²) in [5.41, 5.74) is 6.25. The third-order valence-electron chi connectivity index (χ3n) is 2.85. The van der Waals surface area contributed by atoms with Gasteiger partial charge in [-0.15, -0.1) is 0 Å². The van der Waals surface area contributed by atoms with Gasteiger partial charge in [-0.1, -0.05) is 0 Å². The topological polar surface area (TPSA) is 94.5 Å². The van der Waals surface area contributed by atoms with Crippen molar-refractivity contribution >= 4 is 23.0 Å². The van der Waals surface area contributed by atoms with Gasteiger partial charge in [0.15, 0.2) is 0 Å². The van der Waals surface area contributed by atoms with Crippen LogP contribution in [-0.4, -0.2) is 24.1 Å². The van der Waals surface area contributed by atoms with Gasteiger partial charge in [-0.2, -0.15) is 0 Å². The van der Waals surface area contributed by atoms with Gasteiger partial charge in [-0.25, -0.2) is 4.98 Å². The van der Waals surface area contributed by atoms with Crippen LogP contribution in [0.5, 0.6) is 5.75 Å². The summed E-state index contributed by atoms with van der Waals surface area (Å²) in [6, 6.07) is 9.86. The highest BCUT2D eigenvalue weighted by Gasteiger charge is 2.20. The van der Waals surface area contributed by atoms with Crippen molar-refractivity contribution in [3.8, 4) is 5.75 Å². The van der Waals surface area contributed by atoms with Gasteiger partial charge in [-0.05, 0) is 30.3 Å². The van der Waals surface area contributed by atoms with E-state index in [9.17, 15) is 10.1 Å². The lowest BCUT2D eigenvalue weighted by molar-refractivity contribution is -0.384. The Hall–Kier alpha value is -2.83. The lowest BCUT2D eigenvalue weighted by atomic mass is 10.2. The van der Waals surface area contributed by atoms with Gasteiger partial charge in [0.05, 0.1) is 12.0 Å². The van der Waals surface area contributed by atoms with Crippen LogP contribution in [0.2, 0.25) is 0 Å². The Bertz CT molecular complexity index is 628. The molecule has 0 saturated carbocycles. The first kappa shape index (κ1) is 13.6. The molecule has 20 heavy (non-hydrogen) atoms. The van der Waals surface area contributed by atoms with Crippen molar-refractivity contribution in [2.45, 2.75) is 0 Å². The van der Waals surface area contributed by atoms with E-state index in [2.05, 4.69) is 4.98 Å². The second-order valence-corrected chi connectivity index (χ2v) is 4.09. The average molecular weight is 274 g/mol. The second-order valence-electron chi connectivity index (χ2n) is 4.09. The molecule has 1 aromatic carbocycles. The van der Waals surface area contributed by atoms with Crippen molar-refractivity contribution in [2.75, 3.05) is 24.8 Å². The summed E-state index contributed by atoms with van der Waals surface area (Å²) in [7, 11) is 3.26. The van der Waals surface area contributed by atoms with Crippen molar-refractivity contribution in [3.05, 3.63) is 46.5 Å². The number of nitrogen functional groups attached to an aromatic ring is 1. The Balaban J connectivity index is 2.43. The second kappa shape index (κ2) is 5.43. The number of aromatic nitrogens is 1. The van der Waals surface area contributed by atoms with E-state index in [1.165, 1.54) is 12.1 Å². The fraction of sp³-hybridized carbons (Fsp3) is 0.154. The molecule has 2 N–H and O–H groups in total. The van der Waals surface area contributed by atoms with E-state index in [-0.39, 0.29) is 17.3 Å². The van der Waals surface area contributed by atoms with Crippen LogP contribution in [0, 0.1) is 10.1 Å². The van der Waals surface area contributed by atoms with Gasteiger partial charge in [0.25, 0.3) is 0 Å². The zero-order valence-corrected chi connectivity index (χ0v) is 11.1. The number of pyridine rings is 1. The minimum Gasteiger partial charge on any atom is -0.497 e. The Morgan fingerprint density at radius 3 is 2.45 bits per heavy atom. The SMILES string of the molecule is COc1ccc(N(C)c2nc(N)ccc2[N+](=O)[O-])cc1. The highest BCUT2D eigenvalue weighted by atomic mass is 16.6. The molecule has 0 aliphatic carbocycles. The Morgan fingerprint density at radius 2 is 1.90 bits per heavy atom. The number of nitrogens with zero attached hydrogens (tertiary/aromatic N) is 3. The average Bonchev–Trinajstić information content (AvgIpc) is 2.46. The molecule has 0 atom stereocenters. The van der Waals surface area contributed by atoms with Crippen LogP contribution in [0.15, 0.2) is 36.4 Å². The minimum atomic E-state index is -0.484. The van der Waals surface area contributed by atoms with Crippen LogP contribution in [0.25, 0.3) is 0 Å². The standard InChI is InChI=1S/C13H14N4O3/c1-16(9-3-5-10(20-2)6-4-9)13-11(17(18)19)7-8-12(14)15-13/h3-8H,1-2H3,(H2,14,15). The zero-order valence-electron chi connectivity index (χ0n) is 11.1. The van der Waals surface area contributed by atoms with Crippen molar-refractivity contribution in [1.82, 2.24) is 4.98 Å². The van der Waals surface area contributed by atoms with Crippen LogP contribution < -0.4 is 15.4 Å². The van der Waals surface area contributed by atoms with E-state index in [0.29, 0.717) is 5.75 Å². The first-order valence-corrected chi connectivity index (χ1v) is 5.81. The summed E-state index contributed by atoms with van der Waals surface area (Å²) in [5.74, 6) is 1.13. The Morgan fingerprint density at radius 1 is 1.25 bits per heavy atom. The number of nitrogens with two attached hydrogens (primary N) is 1. The molecule has 0 aliphatic rings. The minimum absolute atomic E-state index is 0.0995. The highest BCUT2D eigenvalue weighted by Crippen LogP contribution is 2.31. The smallest absolute Gasteiger partial charge is 0.312 e. The molecule has 2 aromatic rings. The molecule has 0 bridgehead atoms. The zero-order chi connectivity index (χ0) is 14.7. The van der Waals surface area contributed by atoms with Crippen LogP contribution in [0.1, 0.15) is 0 Å². The van der Waals surface area contributed by atoms with Crippen molar-refractivity contribution in [3.63, 3.8) is 0 Å². The van der Waals surface area contributed by atoms with Crippen LogP contribution >= 0.6 is 0 Å². The fourth-order valence-electron chi connectivity index (χ4n) is 1.77. The molecule has 7 nitrogen and oxygen atoms in total. The van der Waals surface area contributed by atoms with Crippen LogP contribution in [0.3, 0.4) is 0 Å². The Kier molecular flexibility index (Phi) is 3.69. The quantitative estimate of drug-likeness (QED) is 0.679.